The van der Waals surface area contributed by atoms with Crippen molar-refractivity contribution in [1.82, 2.24) is 4.57 Å². The van der Waals surface area contributed by atoms with Crippen molar-refractivity contribution in [2.45, 2.75) is 6.92 Å². The second-order valence-corrected chi connectivity index (χ2v) is 3.53. The summed E-state index contributed by atoms with van der Waals surface area (Å²) in [6, 6.07) is 3.38. The number of aliphatic hydroxyl groups is 1. The van der Waals surface area contributed by atoms with Gasteiger partial charge in [-0.3, -0.25) is 4.79 Å². The molecule has 4 heteroatoms. The summed E-state index contributed by atoms with van der Waals surface area (Å²) in [5.41, 5.74) is 0.764. The summed E-state index contributed by atoms with van der Waals surface area (Å²) in [7, 11) is 1.71. The van der Waals surface area contributed by atoms with Crippen molar-refractivity contribution < 1.29 is 5.11 Å². The molecule has 0 saturated carbocycles. The van der Waals surface area contributed by atoms with Crippen LogP contribution in [0, 0.1) is 5.92 Å². The fraction of sp³-hybridized carbons (Fsp3) is 0.500. The highest BCUT2D eigenvalue weighted by molar-refractivity contribution is 5.40. The van der Waals surface area contributed by atoms with Crippen molar-refractivity contribution in [2.24, 2.45) is 13.0 Å². The summed E-state index contributed by atoms with van der Waals surface area (Å²) < 4.78 is 1.51. The number of rotatable bonds is 4. The molecule has 2 N–H and O–H groups in total. The lowest BCUT2D eigenvalue weighted by atomic mass is 10.2. The molecule has 1 heterocycles. The number of hydrogen-bond donors (Lipinski definition) is 2. The van der Waals surface area contributed by atoms with Crippen LogP contribution < -0.4 is 10.9 Å². The molecule has 1 rings (SSSR count). The molecule has 1 aromatic heterocycles. The molecular weight excluding hydrogens is 180 g/mol. The molecule has 0 aliphatic carbocycles. The molecule has 1 unspecified atom stereocenters. The molecule has 4 nitrogen and oxygen atoms in total. The van der Waals surface area contributed by atoms with E-state index < -0.39 is 0 Å². The summed E-state index contributed by atoms with van der Waals surface area (Å²) in [6.07, 6.45) is 1.72. The third-order valence-electron chi connectivity index (χ3n) is 2.07. The fourth-order valence-electron chi connectivity index (χ4n) is 1.02. The molecule has 14 heavy (non-hydrogen) atoms. The van der Waals surface area contributed by atoms with Gasteiger partial charge in [0.15, 0.2) is 0 Å². The molecule has 1 atom stereocenters. The van der Waals surface area contributed by atoms with Gasteiger partial charge in [0.25, 0.3) is 5.56 Å². The van der Waals surface area contributed by atoms with Crippen LogP contribution in [-0.2, 0) is 7.05 Å². The van der Waals surface area contributed by atoms with Crippen LogP contribution in [0.15, 0.2) is 23.1 Å². The first kappa shape index (κ1) is 10.8. The maximum atomic E-state index is 11.2. The predicted molar refractivity (Wildman–Crippen MR) is 56.4 cm³/mol. The van der Waals surface area contributed by atoms with Crippen molar-refractivity contribution in [3.05, 3.63) is 28.7 Å². The lowest BCUT2D eigenvalue weighted by Crippen LogP contribution is -2.18. The summed E-state index contributed by atoms with van der Waals surface area (Å²) in [6.45, 7) is 2.76. The van der Waals surface area contributed by atoms with Crippen molar-refractivity contribution in [3.8, 4) is 0 Å². The van der Waals surface area contributed by atoms with Gasteiger partial charge in [-0.15, -0.1) is 0 Å². The quantitative estimate of drug-likeness (QED) is 0.734. The van der Waals surface area contributed by atoms with Crippen LogP contribution in [0.5, 0.6) is 0 Å². The van der Waals surface area contributed by atoms with Gasteiger partial charge < -0.3 is 15.0 Å². The molecule has 0 bridgehead atoms. The lowest BCUT2D eigenvalue weighted by molar-refractivity contribution is 0.244. The van der Waals surface area contributed by atoms with Crippen molar-refractivity contribution >= 4 is 5.69 Å². The minimum Gasteiger partial charge on any atom is -0.396 e. The Labute approximate surface area is 83.2 Å². The van der Waals surface area contributed by atoms with E-state index in [1.807, 2.05) is 13.0 Å². The van der Waals surface area contributed by atoms with Gasteiger partial charge in [0.1, 0.15) is 0 Å². The highest BCUT2D eigenvalue weighted by Crippen LogP contribution is 2.03. The number of nitrogens with zero attached hydrogens (tertiary/aromatic N) is 1. The average molecular weight is 196 g/mol. The van der Waals surface area contributed by atoms with Crippen LogP contribution >= 0.6 is 0 Å². The maximum absolute atomic E-state index is 11.2. The van der Waals surface area contributed by atoms with E-state index in [0.717, 1.165) is 5.69 Å². The Morgan fingerprint density at radius 2 is 2.36 bits per heavy atom. The second-order valence-electron chi connectivity index (χ2n) is 3.53. The predicted octanol–water partition coefficient (Wildman–Crippen LogP) is 0.426. The molecule has 1 aromatic rings. The molecule has 0 spiro atoms. The third kappa shape index (κ3) is 2.88. The largest absolute Gasteiger partial charge is 0.396 e. The monoisotopic (exact) mass is 196 g/mol. The highest BCUT2D eigenvalue weighted by atomic mass is 16.3. The SMILES string of the molecule is CC(CO)CNc1ccn(C)c(=O)c1. The lowest BCUT2D eigenvalue weighted by Gasteiger charge is -2.10. The van der Waals surface area contributed by atoms with Crippen LogP contribution in [0.2, 0.25) is 0 Å². The molecule has 0 fully saturated rings. The Hall–Kier alpha value is -1.29. The summed E-state index contributed by atoms with van der Waals surface area (Å²) in [5, 5.41) is 11.9. The molecular formula is C10H16N2O2. The van der Waals surface area contributed by atoms with Gasteiger partial charge in [0.2, 0.25) is 0 Å². The summed E-state index contributed by atoms with van der Waals surface area (Å²) >= 11 is 0. The number of anilines is 1. The summed E-state index contributed by atoms with van der Waals surface area (Å²) in [5.74, 6) is 0.194. The van der Waals surface area contributed by atoms with Gasteiger partial charge >= 0.3 is 0 Å². The smallest absolute Gasteiger partial charge is 0.252 e. The Bertz CT molecular complexity index is 346. The zero-order chi connectivity index (χ0) is 10.6. The topological polar surface area (TPSA) is 54.3 Å². The zero-order valence-electron chi connectivity index (χ0n) is 8.53. The second kappa shape index (κ2) is 4.81. The number of nitrogens with one attached hydrogen (secondary N) is 1. The average Bonchev–Trinajstić information content (AvgIpc) is 2.19. The van der Waals surface area contributed by atoms with Crippen LogP contribution in [0.4, 0.5) is 5.69 Å². The molecule has 0 saturated heterocycles. The van der Waals surface area contributed by atoms with Gasteiger partial charge in [-0.25, -0.2) is 0 Å². The Kier molecular flexibility index (Phi) is 3.71. The van der Waals surface area contributed by atoms with E-state index in [1.54, 1.807) is 19.3 Å². The molecule has 0 aliphatic heterocycles. The fourth-order valence-corrected chi connectivity index (χ4v) is 1.02. The van der Waals surface area contributed by atoms with E-state index in [-0.39, 0.29) is 18.1 Å². The Balaban J connectivity index is 2.60. The first-order valence-corrected chi connectivity index (χ1v) is 4.65. The van der Waals surface area contributed by atoms with E-state index in [4.69, 9.17) is 5.11 Å². The van der Waals surface area contributed by atoms with E-state index in [2.05, 4.69) is 5.32 Å². The first-order chi connectivity index (χ1) is 6.63. The van der Waals surface area contributed by atoms with Gasteiger partial charge in [-0.1, -0.05) is 6.92 Å². The highest BCUT2D eigenvalue weighted by Gasteiger charge is 2.00. The number of pyridine rings is 1. The van der Waals surface area contributed by atoms with Gasteiger partial charge in [0.05, 0.1) is 0 Å². The van der Waals surface area contributed by atoms with Crippen molar-refractivity contribution in [1.29, 1.82) is 0 Å². The van der Waals surface area contributed by atoms with E-state index >= 15 is 0 Å². The first-order valence-electron chi connectivity index (χ1n) is 4.65. The molecule has 78 valence electrons. The number of aryl methyl sites for hydroxylation is 1. The number of aliphatic hydroxyl groups excluding tert-OH is 1. The number of aromatic nitrogens is 1. The minimum absolute atomic E-state index is 0.0355. The minimum atomic E-state index is -0.0355. The maximum Gasteiger partial charge on any atom is 0.252 e. The van der Waals surface area contributed by atoms with Crippen molar-refractivity contribution in [2.75, 3.05) is 18.5 Å². The normalized spacial score (nSPS) is 12.5. The van der Waals surface area contributed by atoms with Crippen LogP contribution in [0.1, 0.15) is 6.92 Å². The molecule has 0 aliphatic rings. The van der Waals surface area contributed by atoms with Gasteiger partial charge in [-0.2, -0.15) is 0 Å². The Morgan fingerprint density at radius 3 is 2.93 bits per heavy atom. The van der Waals surface area contributed by atoms with Gasteiger partial charge in [0, 0.05) is 38.1 Å². The molecule has 0 radical (unpaired) electrons. The third-order valence-corrected chi connectivity index (χ3v) is 2.07. The molecule has 0 amide bonds. The van der Waals surface area contributed by atoms with Crippen LogP contribution in [-0.4, -0.2) is 22.8 Å². The standard InChI is InChI=1S/C10H16N2O2/c1-8(7-13)6-11-9-3-4-12(2)10(14)5-9/h3-5,8,11,13H,6-7H2,1-2H3. The van der Waals surface area contributed by atoms with E-state index in [0.29, 0.717) is 6.54 Å². The van der Waals surface area contributed by atoms with E-state index in [9.17, 15) is 4.79 Å². The summed E-state index contributed by atoms with van der Waals surface area (Å²) in [4.78, 5) is 11.2. The van der Waals surface area contributed by atoms with Crippen molar-refractivity contribution in [3.63, 3.8) is 0 Å². The zero-order valence-corrected chi connectivity index (χ0v) is 8.53. The molecule has 0 aromatic carbocycles. The van der Waals surface area contributed by atoms with Gasteiger partial charge in [-0.05, 0) is 12.0 Å². The number of hydrogen-bond acceptors (Lipinski definition) is 3. The Morgan fingerprint density at radius 1 is 1.64 bits per heavy atom. The van der Waals surface area contributed by atoms with Crippen LogP contribution in [0.25, 0.3) is 0 Å². The van der Waals surface area contributed by atoms with Crippen LogP contribution in [0.3, 0.4) is 0 Å². The van der Waals surface area contributed by atoms with E-state index in [1.165, 1.54) is 4.57 Å².